The molecular weight excluding hydrogens is 416 g/mol. The number of morpholine rings is 1. The lowest BCUT2D eigenvalue weighted by molar-refractivity contribution is -0.121. The minimum atomic E-state index is -3.71. The van der Waals surface area contributed by atoms with Crippen LogP contribution in [0.15, 0.2) is 23.1 Å². The van der Waals surface area contributed by atoms with Gasteiger partial charge in [-0.05, 0) is 67.1 Å². The van der Waals surface area contributed by atoms with Crippen molar-refractivity contribution in [2.75, 3.05) is 33.4 Å². The summed E-state index contributed by atoms with van der Waals surface area (Å²) in [4.78, 5) is 13.0. The van der Waals surface area contributed by atoms with Gasteiger partial charge in [-0.25, -0.2) is 8.42 Å². The van der Waals surface area contributed by atoms with E-state index in [0.29, 0.717) is 43.5 Å². The highest BCUT2D eigenvalue weighted by Gasteiger charge is 2.54. The Morgan fingerprint density at radius 2 is 1.94 bits per heavy atom. The van der Waals surface area contributed by atoms with Gasteiger partial charge in [-0.3, -0.25) is 4.79 Å². The molecule has 5 atom stereocenters. The summed E-state index contributed by atoms with van der Waals surface area (Å²) in [6.07, 6.45) is 6.59. The van der Waals surface area contributed by atoms with Crippen molar-refractivity contribution in [3.05, 3.63) is 23.8 Å². The summed E-state index contributed by atoms with van der Waals surface area (Å²) in [5, 5.41) is 3.28. The summed E-state index contributed by atoms with van der Waals surface area (Å²) in [7, 11) is -2.24. The standard InChI is InChI=1S/C23H32N2O5S/c1-29-21-6-5-15(11-22(21)31(27,28)25-7-9-30-10-8-25)12-23(26)24-20-14-16-13-19(20)18-4-2-3-17(16)18/h5-6,11,16-20H,2-4,7-10,12-14H2,1H3,(H,24,26). The monoisotopic (exact) mass is 448 g/mol. The highest BCUT2D eigenvalue weighted by atomic mass is 32.2. The van der Waals surface area contributed by atoms with Crippen molar-refractivity contribution in [1.82, 2.24) is 9.62 Å². The van der Waals surface area contributed by atoms with Crippen molar-refractivity contribution in [3.63, 3.8) is 0 Å². The zero-order chi connectivity index (χ0) is 21.6. The van der Waals surface area contributed by atoms with Crippen LogP contribution in [0.3, 0.4) is 0 Å². The molecule has 1 amide bonds. The quantitative estimate of drug-likeness (QED) is 0.721. The topological polar surface area (TPSA) is 84.9 Å². The minimum Gasteiger partial charge on any atom is -0.495 e. The summed E-state index contributed by atoms with van der Waals surface area (Å²) in [5.41, 5.74) is 0.687. The van der Waals surface area contributed by atoms with Crippen molar-refractivity contribution in [3.8, 4) is 5.75 Å². The van der Waals surface area contributed by atoms with E-state index in [0.717, 1.165) is 24.2 Å². The number of nitrogens with zero attached hydrogens (tertiary/aromatic N) is 1. The number of fused-ring (bicyclic) bond motifs is 5. The van der Waals surface area contributed by atoms with E-state index in [2.05, 4.69) is 5.32 Å². The molecule has 4 fully saturated rings. The normalized spacial score (nSPS) is 32.7. The van der Waals surface area contributed by atoms with Gasteiger partial charge in [0.1, 0.15) is 10.6 Å². The zero-order valence-electron chi connectivity index (χ0n) is 18.1. The fourth-order valence-electron chi connectivity index (χ4n) is 6.64. The molecule has 5 unspecified atom stereocenters. The third-order valence-corrected chi connectivity index (χ3v) is 9.88. The lowest BCUT2D eigenvalue weighted by Gasteiger charge is -2.32. The molecule has 1 saturated heterocycles. The molecule has 3 aliphatic carbocycles. The smallest absolute Gasteiger partial charge is 0.246 e. The first kappa shape index (κ1) is 21.2. The molecule has 1 aromatic rings. The van der Waals surface area contributed by atoms with Gasteiger partial charge >= 0.3 is 0 Å². The Kier molecular flexibility index (Phi) is 5.73. The number of hydrogen-bond acceptors (Lipinski definition) is 5. The fraction of sp³-hybridized carbons (Fsp3) is 0.696. The maximum atomic E-state index is 13.2. The van der Waals surface area contributed by atoms with Crippen LogP contribution >= 0.6 is 0 Å². The van der Waals surface area contributed by atoms with Crippen LogP contribution in [0.4, 0.5) is 0 Å². The molecule has 1 heterocycles. The van der Waals surface area contributed by atoms with Gasteiger partial charge in [-0.15, -0.1) is 0 Å². The van der Waals surface area contributed by atoms with Crippen molar-refractivity contribution in [1.29, 1.82) is 0 Å². The molecule has 8 heteroatoms. The predicted molar refractivity (Wildman–Crippen MR) is 115 cm³/mol. The molecule has 0 radical (unpaired) electrons. The van der Waals surface area contributed by atoms with E-state index in [1.54, 1.807) is 18.2 Å². The van der Waals surface area contributed by atoms with Gasteiger partial charge in [0.25, 0.3) is 0 Å². The molecule has 1 aliphatic heterocycles. The van der Waals surface area contributed by atoms with Crippen LogP contribution in [0, 0.1) is 23.7 Å². The SMILES string of the molecule is COc1ccc(CC(=O)NC2CC3CC2C2CCCC32)cc1S(=O)(=O)N1CCOCC1. The Morgan fingerprint density at radius 3 is 2.71 bits per heavy atom. The van der Waals surface area contributed by atoms with Gasteiger partial charge in [-0.1, -0.05) is 12.5 Å². The van der Waals surface area contributed by atoms with E-state index < -0.39 is 10.0 Å². The molecule has 0 aromatic heterocycles. The second-order valence-electron chi connectivity index (χ2n) is 9.51. The van der Waals surface area contributed by atoms with Crippen LogP contribution in [0.25, 0.3) is 0 Å². The van der Waals surface area contributed by atoms with Gasteiger partial charge < -0.3 is 14.8 Å². The fourth-order valence-corrected chi connectivity index (χ4v) is 8.25. The number of benzene rings is 1. The maximum Gasteiger partial charge on any atom is 0.246 e. The van der Waals surface area contributed by atoms with Crippen molar-refractivity contribution >= 4 is 15.9 Å². The van der Waals surface area contributed by atoms with Gasteiger partial charge in [-0.2, -0.15) is 4.31 Å². The lowest BCUT2D eigenvalue weighted by atomic mass is 9.79. The van der Waals surface area contributed by atoms with Crippen LogP contribution < -0.4 is 10.1 Å². The van der Waals surface area contributed by atoms with Crippen molar-refractivity contribution in [2.45, 2.75) is 49.5 Å². The number of ether oxygens (including phenoxy) is 2. The van der Waals surface area contributed by atoms with E-state index in [1.807, 2.05) is 0 Å². The van der Waals surface area contributed by atoms with E-state index >= 15 is 0 Å². The van der Waals surface area contributed by atoms with Gasteiger partial charge in [0.2, 0.25) is 15.9 Å². The molecule has 1 aromatic carbocycles. The largest absolute Gasteiger partial charge is 0.495 e. The van der Waals surface area contributed by atoms with E-state index in [-0.39, 0.29) is 23.3 Å². The number of hydrogen-bond donors (Lipinski definition) is 1. The number of methoxy groups -OCH3 is 1. The summed E-state index contributed by atoms with van der Waals surface area (Å²) in [6, 6.07) is 5.31. The third kappa shape index (κ3) is 3.87. The number of nitrogens with one attached hydrogen (secondary N) is 1. The first-order valence-corrected chi connectivity index (χ1v) is 13.0. The molecule has 2 bridgehead atoms. The number of sulfonamides is 1. The highest BCUT2D eigenvalue weighted by molar-refractivity contribution is 7.89. The second-order valence-corrected chi connectivity index (χ2v) is 11.4. The van der Waals surface area contributed by atoms with Crippen LogP contribution in [0.2, 0.25) is 0 Å². The van der Waals surface area contributed by atoms with Gasteiger partial charge in [0.15, 0.2) is 0 Å². The molecule has 3 saturated carbocycles. The summed E-state index contributed by atoms with van der Waals surface area (Å²) in [6.45, 7) is 1.41. The molecule has 5 rings (SSSR count). The van der Waals surface area contributed by atoms with E-state index in [4.69, 9.17) is 9.47 Å². The number of carbonyl (C=O) groups excluding carboxylic acids is 1. The van der Waals surface area contributed by atoms with Gasteiger partial charge in [0.05, 0.1) is 26.7 Å². The van der Waals surface area contributed by atoms with E-state index in [9.17, 15) is 13.2 Å². The Hall–Kier alpha value is -1.64. The molecule has 170 valence electrons. The Bertz CT molecular complexity index is 943. The Morgan fingerprint density at radius 1 is 1.16 bits per heavy atom. The van der Waals surface area contributed by atoms with Crippen LogP contribution in [0.1, 0.15) is 37.7 Å². The van der Waals surface area contributed by atoms with E-state index in [1.165, 1.54) is 37.1 Å². The average Bonchev–Trinajstić information content (AvgIpc) is 3.48. The molecule has 4 aliphatic rings. The van der Waals surface area contributed by atoms with Gasteiger partial charge in [0, 0.05) is 19.1 Å². The van der Waals surface area contributed by atoms with Crippen molar-refractivity contribution in [2.24, 2.45) is 23.7 Å². The number of amides is 1. The Labute approximate surface area is 184 Å². The lowest BCUT2D eigenvalue weighted by Crippen LogP contribution is -2.43. The molecular formula is C23H32N2O5S. The summed E-state index contributed by atoms with van der Waals surface area (Å²) >= 11 is 0. The predicted octanol–water partition coefficient (Wildman–Crippen LogP) is 2.20. The summed E-state index contributed by atoms with van der Waals surface area (Å²) < 4.78 is 38.4. The first-order valence-electron chi connectivity index (χ1n) is 11.5. The molecule has 31 heavy (non-hydrogen) atoms. The van der Waals surface area contributed by atoms with Crippen molar-refractivity contribution < 1.29 is 22.7 Å². The molecule has 0 spiro atoms. The van der Waals surface area contributed by atoms with Crippen LogP contribution in [0.5, 0.6) is 5.75 Å². The number of carbonyl (C=O) groups is 1. The van der Waals surface area contributed by atoms with Crippen LogP contribution in [-0.4, -0.2) is 58.1 Å². The maximum absolute atomic E-state index is 13.2. The van der Waals surface area contributed by atoms with Crippen LogP contribution in [-0.2, 0) is 26.0 Å². The first-order chi connectivity index (χ1) is 15.0. The average molecular weight is 449 g/mol. The summed E-state index contributed by atoms with van der Waals surface area (Å²) in [5.74, 6) is 3.40. The zero-order valence-corrected chi connectivity index (χ0v) is 18.9. The molecule has 1 N–H and O–H groups in total. The number of rotatable bonds is 6. The molecule has 7 nitrogen and oxygen atoms in total. The Balaban J connectivity index is 1.28. The third-order valence-electron chi connectivity index (χ3n) is 7.96. The minimum absolute atomic E-state index is 0.0213. The second kappa shape index (κ2) is 8.37. The highest BCUT2D eigenvalue weighted by Crippen LogP contribution is 2.58.